The molecule has 0 aromatic heterocycles. The van der Waals surface area contributed by atoms with Crippen molar-refractivity contribution in [3.63, 3.8) is 0 Å². The number of nitrogens with zero attached hydrogens (tertiary/aromatic N) is 2. The fraction of sp³-hybridized carbons (Fsp3) is 0.208. The fourth-order valence-electron chi connectivity index (χ4n) is 3.09. The van der Waals surface area contributed by atoms with E-state index in [1.165, 1.54) is 41.3 Å². The molecule has 31 heavy (non-hydrogen) atoms. The van der Waals surface area contributed by atoms with Crippen LogP contribution < -0.4 is 4.31 Å². The van der Waals surface area contributed by atoms with Gasteiger partial charge in [-0.25, -0.2) is 12.8 Å². The smallest absolute Gasteiger partial charge is 0.264 e. The van der Waals surface area contributed by atoms with Gasteiger partial charge in [0.1, 0.15) is 12.4 Å². The minimum atomic E-state index is -4.15. The van der Waals surface area contributed by atoms with Gasteiger partial charge < -0.3 is 4.90 Å². The lowest BCUT2D eigenvalue weighted by atomic mass is 10.1. The maximum Gasteiger partial charge on any atom is 0.264 e. The summed E-state index contributed by atoms with van der Waals surface area (Å²) in [4.78, 5) is 14.4. The van der Waals surface area contributed by atoms with Crippen molar-refractivity contribution in [1.29, 1.82) is 0 Å². The van der Waals surface area contributed by atoms with Crippen molar-refractivity contribution in [2.75, 3.05) is 17.9 Å². The Balaban J connectivity index is 1.91. The summed E-state index contributed by atoms with van der Waals surface area (Å²) in [6, 6.07) is 19.5. The summed E-state index contributed by atoms with van der Waals surface area (Å²) in [7, 11) is -2.56. The van der Waals surface area contributed by atoms with E-state index in [1.807, 2.05) is 38.1 Å². The first kappa shape index (κ1) is 22.5. The van der Waals surface area contributed by atoms with Crippen LogP contribution in [0.25, 0.3) is 0 Å². The van der Waals surface area contributed by atoms with Gasteiger partial charge >= 0.3 is 0 Å². The molecule has 0 fully saturated rings. The Kier molecular flexibility index (Phi) is 6.75. The van der Waals surface area contributed by atoms with Gasteiger partial charge in [0, 0.05) is 13.6 Å². The standard InChI is InChI=1S/C24H25FN2O3S/c1-18-8-12-20(13-9-18)16-26(3)24(28)17-27(23-7-5-4-6-22(23)25)31(29,30)21-14-10-19(2)11-15-21/h4-15H,16-17H2,1-3H3. The van der Waals surface area contributed by atoms with Gasteiger partial charge in [-0.15, -0.1) is 0 Å². The molecule has 0 saturated carbocycles. The van der Waals surface area contributed by atoms with Crippen molar-refractivity contribution >= 4 is 21.6 Å². The maximum absolute atomic E-state index is 14.6. The second kappa shape index (κ2) is 9.31. The van der Waals surface area contributed by atoms with Crippen LogP contribution >= 0.6 is 0 Å². The Morgan fingerprint density at radius 3 is 2.00 bits per heavy atom. The highest BCUT2D eigenvalue weighted by Crippen LogP contribution is 2.26. The van der Waals surface area contributed by atoms with Crippen LogP contribution in [0.3, 0.4) is 0 Å². The zero-order chi connectivity index (χ0) is 22.6. The molecule has 0 atom stereocenters. The van der Waals surface area contributed by atoms with Gasteiger partial charge in [-0.3, -0.25) is 9.10 Å². The van der Waals surface area contributed by atoms with E-state index in [1.54, 1.807) is 19.2 Å². The Morgan fingerprint density at radius 2 is 1.42 bits per heavy atom. The van der Waals surface area contributed by atoms with Gasteiger partial charge in [0.2, 0.25) is 5.91 Å². The predicted octanol–water partition coefficient (Wildman–Crippen LogP) is 4.30. The molecule has 162 valence electrons. The number of benzene rings is 3. The van der Waals surface area contributed by atoms with Crippen molar-refractivity contribution in [2.45, 2.75) is 25.3 Å². The van der Waals surface area contributed by atoms with Crippen LogP contribution in [0.1, 0.15) is 16.7 Å². The molecule has 0 saturated heterocycles. The first-order valence-corrected chi connectivity index (χ1v) is 11.3. The number of likely N-dealkylation sites (N-methyl/N-ethyl adjacent to an activating group) is 1. The average molecular weight is 441 g/mol. The number of amides is 1. The highest BCUT2D eigenvalue weighted by atomic mass is 32.2. The summed E-state index contributed by atoms with van der Waals surface area (Å²) in [6.07, 6.45) is 0. The Hall–Kier alpha value is -3.19. The summed E-state index contributed by atoms with van der Waals surface area (Å²) < 4.78 is 42.1. The number of carbonyl (C=O) groups excluding carboxylic acids is 1. The molecule has 3 rings (SSSR count). The highest BCUT2D eigenvalue weighted by Gasteiger charge is 2.30. The lowest BCUT2D eigenvalue weighted by Gasteiger charge is -2.27. The molecule has 0 spiro atoms. The van der Waals surface area contributed by atoms with E-state index in [0.29, 0.717) is 6.54 Å². The van der Waals surface area contributed by atoms with Gasteiger partial charge in [0.25, 0.3) is 10.0 Å². The summed E-state index contributed by atoms with van der Waals surface area (Å²) in [6.45, 7) is 3.61. The normalized spacial score (nSPS) is 11.2. The summed E-state index contributed by atoms with van der Waals surface area (Å²) >= 11 is 0. The van der Waals surface area contributed by atoms with Crippen LogP contribution in [0.15, 0.2) is 77.7 Å². The molecule has 0 aliphatic heterocycles. The van der Waals surface area contributed by atoms with Crippen LogP contribution in [-0.4, -0.2) is 32.8 Å². The van der Waals surface area contributed by atoms with Gasteiger partial charge in [-0.2, -0.15) is 0 Å². The molecule has 0 bridgehead atoms. The van der Waals surface area contributed by atoms with Crippen molar-refractivity contribution in [3.05, 3.63) is 95.3 Å². The zero-order valence-electron chi connectivity index (χ0n) is 17.7. The highest BCUT2D eigenvalue weighted by molar-refractivity contribution is 7.92. The maximum atomic E-state index is 14.6. The third kappa shape index (κ3) is 5.30. The lowest BCUT2D eigenvalue weighted by molar-refractivity contribution is -0.128. The number of rotatable bonds is 7. The number of aryl methyl sites for hydroxylation is 2. The van der Waals surface area contributed by atoms with E-state index >= 15 is 0 Å². The average Bonchev–Trinajstić information content (AvgIpc) is 2.74. The minimum absolute atomic E-state index is 0.00431. The van der Waals surface area contributed by atoms with Gasteiger partial charge in [0.05, 0.1) is 10.6 Å². The third-order valence-corrected chi connectivity index (χ3v) is 6.75. The van der Waals surface area contributed by atoms with E-state index in [2.05, 4.69) is 0 Å². The molecule has 0 radical (unpaired) electrons. The zero-order valence-corrected chi connectivity index (χ0v) is 18.6. The van der Waals surface area contributed by atoms with E-state index in [4.69, 9.17) is 0 Å². The lowest BCUT2D eigenvalue weighted by Crippen LogP contribution is -2.41. The number of halogens is 1. The molecule has 3 aromatic carbocycles. The van der Waals surface area contributed by atoms with E-state index in [0.717, 1.165) is 21.0 Å². The molecule has 1 amide bonds. The van der Waals surface area contributed by atoms with E-state index in [-0.39, 0.29) is 10.6 Å². The van der Waals surface area contributed by atoms with E-state index < -0.39 is 28.3 Å². The first-order chi connectivity index (χ1) is 14.7. The molecule has 5 nitrogen and oxygen atoms in total. The Morgan fingerprint density at radius 1 is 0.871 bits per heavy atom. The monoisotopic (exact) mass is 440 g/mol. The summed E-state index contributed by atoms with van der Waals surface area (Å²) in [5, 5.41) is 0. The van der Waals surface area contributed by atoms with Crippen LogP contribution in [0, 0.1) is 19.7 Å². The number of sulfonamides is 1. The molecule has 7 heteroatoms. The van der Waals surface area contributed by atoms with Gasteiger partial charge in [0.15, 0.2) is 0 Å². The van der Waals surface area contributed by atoms with Gasteiger partial charge in [-0.05, 0) is 43.7 Å². The predicted molar refractivity (Wildman–Crippen MR) is 120 cm³/mol. The summed E-state index contributed by atoms with van der Waals surface area (Å²) in [5.41, 5.74) is 2.75. The van der Waals surface area contributed by atoms with Crippen LogP contribution in [0.4, 0.5) is 10.1 Å². The fourth-order valence-corrected chi connectivity index (χ4v) is 4.51. The molecule has 0 aliphatic rings. The molecule has 0 heterocycles. The minimum Gasteiger partial charge on any atom is -0.340 e. The number of para-hydroxylation sites is 1. The molecule has 3 aromatic rings. The summed E-state index contributed by atoms with van der Waals surface area (Å²) in [5.74, 6) is -1.16. The SMILES string of the molecule is Cc1ccc(CN(C)C(=O)CN(c2ccccc2F)S(=O)(=O)c2ccc(C)cc2)cc1. The number of hydrogen-bond donors (Lipinski definition) is 0. The number of carbonyl (C=O) groups is 1. The van der Waals surface area contributed by atoms with Gasteiger partial charge in [-0.1, -0.05) is 59.7 Å². The van der Waals surface area contributed by atoms with Crippen molar-refractivity contribution < 1.29 is 17.6 Å². The topological polar surface area (TPSA) is 57.7 Å². The molecule has 0 unspecified atom stereocenters. The van der Waals surface area contributed by atoms with Crippen molar-refractivity contribution in [1.82, 2.24) is 4.90 Å². The van der Waals surface area contributed by atoms with Crippen LogP contribution in [0.5, 0.6) is 0 Å². The van der Waals surface area contributed by atoms with Crippen molar-refractivity contribution in [2.24, 2.45) is 0 Å². The van der Waals surface area contributed by atoms with Crippen LogP contribution in [-0.2, 0) is 21.4 Å². The molecular formula is C24H25FN2O3S. The third-order valence-electron chi connectivity index (χ3n) is 4.98. The van der Waals surface area contributed by atoms with Crippen LogP contribution in [0.2, 0.25) is 0 Å². The first-order valence-electron chi connectivity index (χ1n) is 9.82. The van der Waals surface area contributed by atoms with Crippen molar-refractivity contribution in [3.8, 4) is 0 Å². The number of anilines is 1. The number of hydrogen-bond acceptors (Lipinski definition) is 3. The molecular weight excluding hydrogens is 415 g/mol. The van der Waals surface area contributed by atoms with E-state index in [9.17, 15) is 17.6 Å². The molecule has 0 N–H and O–H groups in total. The second-order valence-corrected chi connectivity index (χ2v) is 9.37. The Labute approximate surface area is 182 Å². The largest absolute Gasteiger partial charge is 0.340 e. The quantitative estimate of drug-likeness (QED) is 0.551. The molecule has 0 aliphatic carbocycles. The Bertz CT molecular complexity index is 1160. The second-order valence-electron chi connectivity index (χ2n) is 7.51.